The summed E-state index contributed by atoms with van der Waals surface area (Å²) < 4.78 is 30.4. The number of anilines is 1. The van der Waals surface area contributed by atoms with Crippen molar-refractivity contribution in [3.63, 3.8) is 0 Å². The Hall–Kier alpha value is -1.13. The number of nitrogens with zero attached hydrogens (tertiary/aromatic N) is 1. The first-order valence-corrected chi connectivity index (χ1v) is 9.09. The van der Waals surface area contributed by atoms with Gasteiger partial charge < -0.3 is 4.74 Å². The first-order chi connectivity index (χ1) is 10.2. The number of hydrogen-bond donors (Lipinski definition) is 1. The lowest BCUT2D eigenvalue weighted by atomic mass is 10.3. The van der Waals surface area contributed by atoms with Gasteiger partial charge in [0, 0.05) is 12.6 Å². The van der Waals surface area contributed by atoms with Crippen molar-refractivity contribution in [3.8, 4) is 18.1 Å². The summed E-state index contributed by atoms with van der Waals surface area (Å²) >= 11 is 12.0. The van der Waals surface area contributed by atoms with Gasteiger partial charge in [0.05, 0.1) is 35.1 Å². The van der Waals surface area contributed by atoms with Crippen LogP contribution in [0, 0.1) is 12.3 Å². The van der Waals surface area contributed by atoms with E-state index in [1.54, 1.807) is 0 Å². The fourth-order valence-corrected chi connectivity index (χ4v) is 2.78. The topological polar surface area (TPSA) is 58.6 Å². The lowest BCUT2D eigenvalue weighted by Crippen LogP contribution is -2.21. The van der Waals surface area contributed by atoms with E-state index in [9.17, 15) is 8.42 Å². The summed E-state index contributed by atoms with van der Waals surface area (Å²) in [5.74, 6) is 2.93. The van der Waals surface area contributed by atoms with E-state index in [2.05, 4.69) is 10.6 Å². The van der Waals surface area contributed by atoms with E-state index < -0.39 is 10.0 Å². The molecule has 1 aromatic rings. The Morgan fingerprint density at radius 3 is 2.64 bits per heavy atom. The number of sulfonamides is 1. The molecule has 1 rings (SSSR count). The maximum Gasteiger partial charge on any atom is 0.229 e. The summed E-state index contributed by atoms with van der Waals surface area (Å²) in [6.45, 7) is 1.78. The van der Waals surface area contributed by atoms with E-state index in [0.717, 1.165) is 19.2 Å². The highest BCUT2D eigenvalue weighted by Gasteiger charge is 2.12. The van der Waals surface area contributed by atoms with Crippen LogP contribution in [0.2, 0.25) is 10.0 Å². The monoisotopic (exact) mass is 364 g/mol. The van der Waals surface area contributed by atoms with Gasteiger partial charge in [-0.15, -0.1) is 6.42 Å². The first-order valence-electron chi connectivity index (χ1n) is 6.44. The van der Waals surface area contributed by atoms with Crippen molar-refractivity contribution in [2.24, 2.45) is 0 Å². The molecule has 122 valence electrons. The molecule has 0 aliphatic carbocycles. The van der Waals surface area contributed by atoms with Gasteiger partial charge in [0.2, 0.25) is 10.0 Å². The number of ether oxygens (including phenoxy) is 1. The smallest absolute Gasteiger partial charge is 0.229 e. The van der Waals surface area contributed by atoms with Crippen LogP contribution in [-0.4, -0.2) is 46.3 Å². The second kappa shape index (κ2) is 8.49. The summed E-state index contributed by atoms with van der Waals surface area (Å²) in [4.78, 5) is 1.99. The second-order valence-electron chi connectivity index (χ2n) is 4.78. The van der Waals surface area contributed by atoms with Gasteiger partial charge in [0.15, 0.2) is 0 Å². The fraction of sp³-hybridized carbons (Fsp3) is 0.429. The quantitative estimate of drug-likeness (QED) is 0.569. The standard InChI is InChI=1S/C14H18Cl2N2O3S/c1-4-6-18(2)7-5-8-21-14-10-13(17-22(3,19)20)11(15)9-12(14)16/h1,9-10,17H,5-8H2,2-3H3. The molecule has 0 unspecified atom stereocenters. The van der Waals surface area contributed by atoms with Gasteiger partial charge >= 0.3 is 0 Å². The molecule has 1 aromatic carbocycles. The van der Waals surface area contributed by atoms with E-state index in [4.69, 9.17) is 34.4 Å². The Morgan fingerprint density at radius 2 is 2.05 bits per heavy atom. The zero-order chi connectivity index (χ0) is 16.8. The van der Waals surface area contributed by atoms with Crippen molar-refractivity contribution in [3.05, 3.63) is 22.2 Å². The molecule has 0 saturated carbocycles. The minimum atomic E-state index is -3.43. The van der Waals surface area contributed by atoms with Crippen LogP contribution in [-0.2, 0) is 10.0 Å². The number of nitrogens with one attached hydrogen (secondary N) is 1. The predicted molar refractivity (Wildman–Crippen MR) is 91.4 cm³/mol. The average molecular weight is 365 g/mol. The summed E-state index contributed by atoms with van der Waals surface area (Å²) in [5.41, 5.74) is 0.230. The molecule has 0 aliphatic heterocycles. The third-order valence-electron chi connectivity index (χ3n) is 2.62. The molecule has 0 fully saturated rings. The molecule has 0 saturated heterocycles. The van der Waals surface area contributed by atoms with Crippen molar-refractivity contribution < 1.29 is 13.2 Å². The molecule has 5 nitrogen and oxygen atoms in total. The van der Waals surface area contributed by atoms with Crippen molar-refractivity contribution in [2.75, 3.05) is 37.7 Å². The molecular weight excluding hydrogens is 347 g/mol. The van der Waals surface area contributed by atoms with E-state index in [0.29, 0.717) is 23.9 Å². The van der Waals surface area contributed by atoms with Gasteiger partial charge in [0.1, 0.15) is 5.75 Å². The Bertz CT molecular complexity index is 657. The third-order valence-corrected chi connectivity index (χ3v) is 3.82. The fourth-order valence-electron chi connectivity index (χ4n) is 1.67. The van der Waals surface area contributed by atoms with Gasteiger partial charge in [-0.3, -0.25) is 9.62 Å². The van der Waals surface area contributed by atoms with E-state index >= 15 is 0 Å². The van der Waals surface area contributed by atoms with Crippen molar-refractivity contribution in [1.82, 2.24) is 4.90 Å². The molecule has 0 aliphatic rings. The Balaban J connectivity index is 2.67. The van der Waals surface area contributed by atoms with Gasteiger partial charge in [0.25, 0.3) is 0 Å². The van der Waals surface area contributed by atoms with Crippen molar-refractivity contribution in [2.45, 2.75) is 6.42 Å². The van der Waals surface area contributed by atoms with Crippen LogP contribution < -0.4 is 9.46 Å². The molecule has 8 heteroatoms. The van der Waals surface area contributed by atoms with Crippen LogP contribution in [0.1, 0.15) is 6.42 Å². The molecule has 22 heavy (non-hydrogen) atoms. The molecule has 0 heterocycles. The van der Waals surface area contributed by atoms with E-state index in [1.165, 1.54) is 12.1 Å². The second-order valence-corrected chi connectivity index (χ2v) is 7.34. The molecular formula is C14H18Cl2N2O3S. The summed E-state index contributed by atoms with van der Waals surface area (Å²) in [6.07, 6.45) is 7.01. The highest BCUT2D eigenvalue weighted by atomic mass is 35.5. The van der Waals surface area contributed by atoms with Crippen LogP contribution in [0.4, 0.5) is 5.69 Å². The number of rotatable bonds is 8. The number of terminal acetylenes is 1. The van der Waals surface area contributed by atoms with Crippen LogP contribution in [0.3, 0.4) is 0 Å². The predicted octanol–water partition coefficient (Wildman–Crippen LogP) is 2.70. The van der Waals surface area contributed by atoms with E-state index in [-0.39, 0.29) is 10.7 Å². The summed E-state index contributed by atoms with van der Waals surface area (Å²) in [7, 11) is -1.51. The van der Waals surface area contributed by atoms with Crippen molar-refractivity contribution >= 4 is 38.9 Å². The lowest BCUT2D eigenvalue weighted by molar-refractivity contribution is 0.275. The van der Waals surface area contributed by atoms with Crippen molar-refractivity contribution in [1.29, 1.82) is 0 Å². The van der Waals surface area contributed by atoms with Gasteiger partial charge in [-0.1, -0.05) is 29.1 Å². The maximum absolute atomic E-state index is 11.3. The molecule has 0 aromatic heterocycles. The Morgan fingerprint density at radius 1 is 1.36 bits per heavy atom. The first kappa shape index (κ1) is 18.9. The normalized spacial score (nSPS) is 11.3. The average Bonchev–Trinajstić information content (AvgIpc) is 2.38. The van der Waals surface area contributed by atoms with Crippen LogP contribution in [0.5, 0.6) is 5.75 Å². The maximum atomic E-state index is 11.3. The zero-order valence-electron chi connectivity index (χ0n) is 12.4. The Kier molecular flexibility index (Phi) is 7.30. The summed E-state index contributed by atoms with van der Waals surface area (Å²) in [6, 6.07) is 2.91. The van der Waals surface area contributed by atoms with Gasteiger partial charge in [-0.2, -0.15) is 0 Å². The van der Waals surface area contributed by atoms with E-state index in [1.807, 2.05) is 11.9 Å². The van der Waals surface area contributed by atoms with Crippen LogP contribution in [0.15, 0.2) is 12.1 Å². The largest absolute Gasteiger partial charge is 0.492 e. The van der Waals surface area contributed by atoms with Crippen LogP contribution >= 0.6 is 23.2 Å². The summed E-state index contributed by atoms with van der Waals surface area (Å²) in [5, 5.41) is 0.526. The minimum absolute atomic E-state index is 0.205. The molecule has 1 N–H and O–H groups in total. The molecule has 0 amide bonds. The zero-order valence-corrected chi connectivity index (χ0v) is 14.7. The molecule has 0 spiro atoms. The minimum Gasteiger partial charge on any atom is -0.492 e. The molecule has 0 bridgehead atoms. The third kappa shape index (κ3) is 6.75. The number of halogens is 2. The number of benzene rings is 1. The number of hydrogen-bond acceptors (Lipinski definition) is 4. The molecule has 0 atom stereocenters. The van der Waals surface area contributed by atoms with Gasteiger partial charge in [-0.25, -0.2) is 8.42 Å². The van der Waals surface area contributed by atoms with Crippen LogP contribution in [0.25, 0.3) is 0 Å². The lowest BCUT2D eigenvalue weighted by Gasteiger charge is -2.15. The highest BCUT2D eigenvalue weighted by molar-refractivity contribution is 7.92. The Labute approximate surface area is 141 Å². The van der Waals surface area contributed by atoms with Gasteiger partial charge in [-0.05, 0) is 19.5 Å². The molecule has 0 radical (unpaired) electrons. The highest BCUT2D eigenvalue weighted by Crippen LogP contribution is 2.34. The SMILES string of the molecule is C#CCN(C)CCCOc1cc(NS(C)(=O)=O)c(Cl)cc1Cl.